The Kier molecular flexibility index (Phi) is 9.26. The van der Waals surface area contributed by atoms with Crippen LogP contribution in [-0.4, -0.2) is 29.4 Å². The largest absolute Gasteiger partial charge is 0.354 e. The second-order valence-electron chi connectivity index (χ2n) is 6.74. The van der Waals surface area contributed by atoms with E-state index in [0.717, 1.165) is 5.56 Å². The molecule has 0 aliphatic rings. The molecule has 0 fully saturated rings. The highest BCUT2D eigenvalue weighted by atomic mass is 16.2. The van der Waals surface area contributed by atoms with Crippen molar-refractivity contribution in [2.75, 3.05) is 5.32 Å². The van der Waals surface area contributed by atoms with Crippen LogP contribution in [0, 0.1) is 0 Å². The number of hydrogen-bond donors (Lipinski definition) is 2. The predicted octanol–water partition coefficient (Wildman–Crippen LogP) is 2.80. The Morgan fingerprint density at radius 2 is 1.54 bits per heavy atom. The molecule has 6 heteroatoms. The number of anilines is 1. The third-order valence-electron chi connectivity index (χ3n) is 3.63. The summed E-state index contributed by atoms with van der Waals surface area (Å²) in [6, 6.07) is 7.38. The van der Waals surface area contributed by atoms with E-state index in [1.165, 1.54) is 6.92 Å². The van der Waals surface area contributed by atoms with Crippen molar-refractivity contribution in [1.29, 1.82) is 0 Å². The van der Waals surface area contributed by atoms with Crippen LogP contribution in [0.5, 0.6) is 0 Å². The summed E-state index contributed by atoms with van der Waals surface area (Å²) in [6.07, 6.45) is 2.02. The maximum atomic E-state index is 11.9. The number of carbonyl (C=O) groups is 4. The summed E-state index contributed by atoms with van der Waals surface area (Å²) >= 11 is 0. The van der Waals surface area contributed by atoms with Gasteiger partial charge in [0.15, 0.2) is 0 Å². The fourth-order valence-corrected chi connectivity index (χ4v) is 2.43. The van der Waals surface area contributed by atoms with E-state index in [4.69, 9.17) is 0 Å². The maximum absolute atomic E-state index is 11.9. The van der Waals surface area contributed by atoms with E-state index in [1.54, 1.807) is 12.1 Å². The lowest BCUT2D eigenvalue weighted by atomic mass is 10.0. The van der Waals surface area contributed by atoms with Gasteiger partial charge >= 0.3 is 0 Å². The molecule has 0 heterocycles. The molecule has 26 heavy (non-hydrogen) atoms. The van der Waals surface area contributed by atoms with Gasteiger partial charge in [0.2, 0.25) is 11.8 Å². The fourth-order valence-electron chi connectivity index (χ4n) is 2.43. The van der Waals surface area contributed by atoms with E-state index >= 15 is 0 Å². The van der Waals surface area contributed by atoms with Gasteiger partial charge in [-0.3, -0.25) is 19.2 Å². The van der Waals surface area contributed by atoms with E-state index in [-0.39, 0.29) is 42.3 Å². The molecule has 0 spiro atoms. The van der Waals surface area contributed by atoms with Crippen LogP contribution >= 0.6 is 0 Å². The minimum absolute atomic E-state index is 0.0106. The molecule has 1 aromatic rings. The number of rotatable bonds is 11. The number of benzene rings is 1. The lowest BCUT2D eigenvalue weighted by Gasteiger charge is -2.08. The molecule has 142 valence electrons. The van der Waals surface area contributed by atoms with Crippen molar-refractivity contribution < 1.29 is 19.2 Å². The van der Waals surface area contributed by atoms with E-state index in [9.17, 15) is 19.2 Å². The van der Waals surface area contributed by atoms with Crippen molar-refractivity contribution in [1.82, 2.24) is 5.32 Å². The summed E-state index contributed by atoms with van der Waals surface area (Å²) in [5.41, 5.74) is 1.66. The first-order chi connectivity index (χ1) is 12.3. The maximum Gasteiger partial charge on any atom is 0.224 e. The van der Waals surface area contributed by atoms with E-state index < -0.39 is 0 Å². The van der Waals surface area contributed by atoms with Crippen molar-refractivity contribution in [2.24, 2.45) is 0 Å². The van der Waals surface area contributed by atoms with Crippen molar-refractivity contribution in [3.8, 4) is 0 Å². The Morgan fingerprint density at radius 1 is 0.923 bits per heavy atom. The second kappa shape index (κ2) is 11.2. The number of hydrogen-bond acceptors (Lipinski definition) is 4. The third-order valence-corrected chi connectivity index (χ3v) is 3.63. The van der Waals surface area contributed by atoms with Gasteiger partial charge < -0.3 is 10.6 Å². The molecular formula is C20H28N2O4. The van der Waals surface area contributed by atoms with Gasteiger partial charge in [-0.25, -0.2) is 0 Å². The number of amides is 2. The molecule has 0 saturated heterocycles. The Bertz CT molecular complexity index is 636. The molecule has 0 aromatic heterocycles. The molecular weight excluding hydrogens is 332 g/mol. The number of ketones is 2. The van der Waals surface area contributed by atoms with Crippen LogP contribution in [0.4, 0.5) is 5.69 Å². The highest BCUT2D eigenvalue weighted by Gasteiger charge is 2.08. The van der Waals surface area contributed by atoms with Crippen molar-refractivity contribution in [3.05, 3.63) is 29.8 Å². The summed E-state index contributed by atoms with van der Waals surface area (Å²) in [6.45, 7) is 5.20. The molecule has 6 nitrogen and oxygen atoms in total. The van der Waals surface area contributed by atoms with Gasteiger partial charge in [0, 0.05) is 31.0 Å². The first-order valence-electron chi connectivity index (χ1n) is 8.95. The van der Waals surface area contributed by atoms with Gasteiger partial charge in [-0.15, -0.1) is 0 Å². The molecule has 2 amide bonds. The molecule has 0 bridgehead atoms. The first kappa shape index (κ1) is 21.5. The Morgan fingerprint density at radius 3 is 2.12 bits per heavy atom. The van der Waals surface area contributed by atoms with Gasteiger partial charge in [0.25, 0.3) is 0 Å². The zero-order valence-electron chi connectivity index (χ0n) is 15.8. The molecule has 2 N–H and O–H groups in total. The third kappa shape index (κ3) is 9.71. The number of Topliss-reactive ketones (excluding diaryl/α,β-unsaturated/α-hetero) is 2. The van der Waals surface area contributed by atoms with Gasteiger partial charge in [-0.2, -0.15) is 0 Å². The van der Waals surface area contributed by atoms with Gasteiger partial charge in [-0.05, 0) is 51.3 Å². The molecule has 0 radical (unpaired) electrons. The van der Waals surface area contributed by atoms with Crippen molar-refractivity contribution in [3.63, 3.8) is 0 Å². The minimum atomic E-state index is -0.133. The second-order valence-corrected chi connectivity index (χ2v) is 6.74. The molecule has 1 aromatic carbocycles. The number of carbonyl (C=O) groups excluding carboxylic acids is 4. The van der Waals surface area contributed by atoms with Crippen LogP contribution in [0.3, 0.4) is 0 Å². The fraction of sp³-hybridized carbons (Fsp3) is 0.500. The number of nitrogens with one attached hydrogen (secondary N) is 2. The average molecular weight is 360 g/mol. The van der Waals surface area contributed by atoms with Crippen LogP contribution in [0.25, 0.3) is 0 Å². The molecule has 0 unspecified atom stereocenters. The zero-order valence-corrected chi connectivity index (χ0v) is 15.8. The normalized spacial score (nSPS) is 10.5. The van der Waals surface area contributed by atoms with Gasteiger partial charge in [0.1, 0.15) is 11.6 Å². The van der Waals surface area contributed by atoms with Crippen molar-refractivity contribution >= 4 is 29.1 Å². The predicted molar refractivity (Wildman–Crippen MR) is 101 cm³/mol. The van der Waals surface area contributed by atoms with Crippen LogP contribution in [-0.2, 0) is 25.6 Å². The smallest absolute Gasteiger partial charge is 0.224 e. The molecule has 0 atom stereocenters. The standard InChI is InChI=1S/C20H28N2O4/c1-14(2)21-19(25)5-4-6-20(26)22-17-10-7-16(8-11-17)9-12-18(24)13-15(3)23/h7-8,10-11,14H,4-6,9,12-13H2,1-3H3,(H,21,25)(H,22,26). The van der Waals surface area contributed by atoms with Crippen LogP contribution < -0.4 is 10.6 Å². The highest BCUT2D eigenvalue weighted by molar-refractivity contribution is 5.98. The zero-order chi connectivity index (χ0) is 19.5. The van der Waals surface area contributed by atoms with Gasteiger partial charge in [-0.1, -0.05) is 12.1 Å². The average Bonchev–Trinajstić information content (AvgIpc) is 2.53. The van der Waals surface area contributed by atoms with Crippen LogP contribution in [0.15, 0.2) is 24.3 Å². The Hall–Kier alpha value is -2.50. The number of aryl methyl sites for hydroxylation is 1. The van der Waals surface area contributed by atoms with E-state index in [1.807, 2.05) is 26.0 Å². The summed E-state index contributed by atoms with van der Waals surface area (Å²) in [5.74, 6) is -0.352. The van der Waals surface area contributed by atoms with Crippen LogP contribution in [0.2, 0.25) is 0 Å². The van der Waals surface area contributed by atoms with Crippen LogP contribution in [0.1, 0.15) is 58.4 Å². The monoisotopic (exact) mass is 360 g/mol. The molecule has 1 rings (SSSR count). The van der Waals surface area contributed by atoms with E-state index in [0.29, 0.717) is 31.4 Å². The minimum Gasteiger partial charge on any atom is -0.354 e. The van der Waals surface area contributed by atoms with E-state index in [2.05, 4.69) is 10.6 Å². The summed E-state index contributed by atoms with van der Waals surface area (Å²) < 4.78 is 0. The molecule has 0 aliphatic carbocycles. The van der Waals surface area contributed by atoms with Gasteiger partial charge in [0.05, 0.1) is 6.42 Å². The Labute approximate surface area is 154 Å². The lowest BCUT2D eigenvalue weighted by molar-refractivity contribution is -0.126. The summed E-state index contributed by atoms with van der Waals surface area (Å²) in [4.78, 5) is 45.8. The molecule has 0 saturated carbocycles. The quantitative estimate of drug-likeness (QED) is 0.594. The summed E-state index contributed by atoms with van der Waals surface area (Å²) in [5, 5.41) is 5.58. The first-order valence-corrected chi connectivity index (χ1v) is 8.95. The lowest BCUT2D eigenvalue weighted by Crippen LogP contribution is -2.30. The Balaban J connectivity index is 2.33. The molecule has 0 aliphatic heterocycles. The summed E-state index contributed by atoms with van der Waals surface area (Å²) in [7, 11) is 0. The van der Waals surface area contributed by atoms with Crippen molar-refractivity contribution in [2.45, 2.75) is 65.3 Å². The highest BCUT2D eigenvalue weighted by Crippen LogP contribution is 2.12. The topological polar surface area (TPSA) is 92.3 Å². The SMILES string of the molecule is CC(=O)CC(=O)CCc1ccc(NC(=O)CCCC(=O)NC(C)C)cc1.